The summed E-state index contributed by atoms with van der Waals surface area (Å²) in [6.45, 7) is 2.12. The maximum Gasteiger partial charge on any atom is 0.253 e. The van der Waals surface area contributed by atoms with Crippen molar-refractivity contribution in [3.05, 3.63) is 65.7 Å². The average molecular weight is 325 g/mol. The lowest BCUT2D eigenvalue weighted by atomic mass is 10.1. The van der Waals surface area contributed by atoms with Crippen molar-refractivity contribution >= 4 is 5.91 Å². The summed E-state index contributed by atoms with van der Waals surface area (Å²) in [4.78, 5) is 14.4. The molecule has 0 radical (unpaired) electrons. The molecule has 0 atom stereocenters. The molecule has 0 unspecified atom stereocenters. The zero-order valence-corrected chi connectivity index (χ0v) is 14.0. The average Bonchev–Trinajstić information content (AvgIpc) is 2.67. The highest BCUT2D eigenvalue weighted by Crippen LogP contribution is 2.19. The van der Waals surface area contributed by atoms with Crippen LogP contribution in [0, 0.1) is 0 Å². The third-order valence-electron chi connectivity index (χ3n) is 4.39. The second kappa shape index (κ2) is 7.97. The van der Waals surface area contributed by atoms with E-state index in [9.17, 15) is 4.79 Å². The molecule has 0 saturated carbocycles. The van der Waals surface area contributed by atoms with Gasteiger partial charge in [-0.15, -0.1) is 0 Å². The maximum absolute atomic E-state index is 12.5. The Balaban J connectivity index is 1.48. The van der Waals surface area contributed by atoms with Gasteiger partial charge in [-0.25, -0.2) is 0 Å². The van der Waals surface area contributed by atoms with Gasteiger partial charge in [0.05, 0.1) is 19.8 Å². The Labute approximate surface area is 143 Å². The standard InChI is InChI=1S/C20H23NO3/c1-23-18-9-7-17(8-10-18)20(22)21-13-11-19(12-14-21)24-15-16-5-3-2-4-6-16/h2-10,19H,11-15H2,1H3. The van der Waals surface area contributed by atoms with Crippen LogP contribution in [0.5, 0.6) is 5.75 Å². The summed E-state index contributed by atoms with van der Waals surface area (Å²) >= 11 is 0. The number of piperidine rings is 1. The minimum absolute atomic E-state index is 0.0826. The van der Waals surface area contributed by atoms with E-state index in [1.165, 1.54) is 5.56 Å². The first kappa shape index (κ1) is 16.5. The zero-order valence-electron chi connectivity index (χ0n) is 14.0. The maximum atomic E-state index is 12.5. The van der Waals surface area contributed by atoms with Gasteiger partial charge in [-0.05, 0) is 42.7 Å². The molecule has 1 fully saturated rings. The van der Waals surface area contributed by atoms with Crippen molar-refractivity contribution < 1.29 is 14.3 Å². The van der Waals surface area contributed by atoms with Crippen LogP contribution in [0.1, 0.15) is 28.8 Å². The van der Waals surface area contributed by atoms with E-state index >= 15 is 0 Å². The number of hydrogen-bond acceptors (Lipinski definition) is 3. The summed E-state index contributed by atoms with van der Waals surface area (Å²) in [6, 6.07) is 17.5. The van der Waals surface area contributed by atoms with E-state index in [4.69, 9.17) is 9.47 Å². The smallest absolute Gasteiger partial charge is 0.253 e. The fourth-order valence-corrected chi connectivity index (χ4v) is 2.93. The molecule has 0 bridgehead atoms. The van der Waals surface area contributed by atoms with Gasteiger partial charge in [0.25, 0.3) is 5.91 Å². The second-order valence-corrected chi connectivity index (χ2v) is 6.02. The number of methoxy groups -OCH3 is 1. The van der Waals surface area contributed by atoms with Crippen molar-refractivity contribution in [2.75, 3.05) is 20.2 Å². The number of carbonyl (C=O) groups excluding carboxylic acids is 1. The van der Waals surface area contributed by atoms with Crippen LogP contribution >= 0.6 is 0 Å². The number of likely N-dealkylation sites (tertiary alicyclic amines) is 1. The van der Waals surface area contributed by atoms with E-state index in [1.807, 2.05) is 47.4 Å². The predicted octanol–water partition coefficient (Wildman–Crippen LogP) is 3.52. The first-order valence-electron chi connectivity index (χ1n) is 8.35. The van der Waals surface area contributed by atoms with Gasteiger partial charge in [0, 0.05) is 18.7 Å². The third-order valence-corrected chi connectivity index (χ3v) is 4.39. The number of rotatable bonds is 5. The van der Waals surface area contributed by atoms with Crippen LogP contribution in [0.4, 0.5) is 0 Å². The van der Waals surface area contributed by atoms with Crippen LogP contribution in [-0.2, 0) is 11.3 Å². The molecule has 4 heteroatoms. The van der Waals surface area contributed by atoms with Crippen LogP contribution in [-0.4, -0.2) is 37.1 Å². The molecule has 0 aromatic heterocycles. The molecule has 0 spiro atoms. The Morgan fingerprint density at radius 3 is 2.33 bits per heavy atom. The highest BCUT2D eigenvalue weighted by molar-refractivity contribution is 5.94. The highest BCUT2D eigenvalue weighted by Gasteiger charge is 2.24. The van der Waals surface area contributed by atoms with Gasteiger partial charge in [-0.3, -0.25) is 4.79 Å². The molecule has 1 saturated heterocycles. The molecule has 4 nitrogen and oxygen atoms in total. The van der Waals surface area contributed by atoms with Gasteiger partial charge in [0.15, 0.2) is 0 Å². The molecule has 2 aromatic carbocycles. The Morgan fingerprint density at radius 2 is 1.71 bits per heavy atom. The lowest BCUT2D eigenvalue weighted by Gasteiger charge is -2.32. The summed E-state index contributed by atoms with van der Waals surface area (Å²) in [5, 5.41) is 0. The highest BCUT2D eigenvalue weighted by atomic mass is 16.5. The molecule has 1 aliphatic heterocycles. The van der Waals surface area contributed by atoms with Crippen LogP contribution in [0.15, 0.2) is 54.6 Å². The van der Waals surface area contributed by atoms with Crippen molar-refractivity contribution in [1.82, 2.24) is 4.90 Å². The van der Waals surface area contributed by atoms with Crippen LogP contribution < -0.4 is 4.74 Å². The molecule has 3 rings (SSSR count). The number of nitrogens with zero attached hydrogens (tertiary/aromatic N) is 1. The summed E-state index contributed by atoms with van der Waals surface area (Å²) in [6.07, 6.45) is 1.99. The number of amides is 1. The fourth-order valence-electron chi connectivity index (χ4n) is 2.93. The zero-order chi connectivity index (χ0) is 16.8. The minimum Gasteiger partial charge on any atom is -0.497 e. The molecular formula is C20H23NO3. The summed E-state index contributed by atoms with van der Waals surface area (Å²) < 4.78 is 11.1. The molecule has 2 aromatic rings. The van der Waals surface area contributed by atoms with Gasteiger partial charge in [0.2, 0.25) is 0 Å². The van der Waals surface area contributed by atoms with Crippen LogP contribution in [0.2, 0.25) is 0 Å². The van der Waals surface area contributed by atoms with E-state index in [1.54, 1.807) is 7.11 Å². The summed E-state index contributed by atoms with van der Waals surface area (Å²) in [5.41, 5.74) is 1.90. The van der Waals surface area contributed by atoms with Gasteiger partial charge in [-0.1, -0.05) is 30.3 Å². The van der Waals surface area contributed by atoms with Crippen molar-refractivity contribution in [2.24, 2.45) is 0 Å². The first-order chi connectivity index (χ1) is 11.8. The third kappa shape index (κ3) is 4.15. The quantitative estimate of drug-likeness (QED) is 0.844. The van der Waals surface area contributed by atoms with E-state index in [2.05, 4.69) is 12.1 Å². The Kier molecular flexibility index (Phi) is 5.49. The van der Waals surface area contributed by atoms with Gasteiger partial charge < -0.3 is 14.4 Å². The summed E-state index contributed by atoms with van der Waals surface area (Å²) in [5.74, 6) is 0.846. The van der Waals surface area contributed by atoms with Crippen LogP contribution in [0.3, 0.4) is 0 Å². The monoisotopic (exact) mass is 325 g/mol. The SMILES string of the molecule is COc1ccc(C(=O)N2CCC(OCc3ccccc3)CC2)cc1. The Bertz CT molecular complexity index is 646. The number of hydrogen-bond donors (Lipinski definition) is 0. The number of carbonyl (C=O) groups is 1. The molecule has 0 aliphatic carbocycles. The molecular weight excluding hydrogens is 302 g/mol. The van der Waals surface area contributed by atoms with Crippen molar-refractivity contribution in [3.8, 4) is 5.75 Å². The van der Waals surface area contributed by atoms with Crippen LogP contribution in [0.25, 0.3) is 0 Å². The lowest BCUT2D eigenvalue weighted by molar-refractivity contribution is -0.000379. The van der Waals surface area contributed by atoms with Crippen molar-refractivity contribution in [1.29, 1.82) is 0 Å². The number of benzene rings is 2. The van der Waals surface area contributed by atoms with E-state index in [0.717, 1.165) is 31.7 Å². The first-order valence-corrected chi connectivity index (χ1v) is 8.35. The largest absolute Gasteiger partial charge is 0.497 e. The molecule has 24 heavy (non-hydrogen) atoms. The molecule has 0 N–H and O–H groups in total. The summed E-state index contributed by atoms with van der Waals surface area (Å²) in [7, 11) is 1.62. The topological polar surface area (TPSA) is 38.8 Å². The van der Waals surface area contributed by atoms with E-state index < -0.39 is 0 Å². The molecule has 1 heterocycles. The molecule has 1 amide bonds. The number of ether oxygens (including phenoxy) is 2. The molecule has 1 aliphatic rings. The van der Waals surface area contributed by atoms with Crippen molar-refractivity contribution in [2.45, 2.75) is 25.6 Å². The molecule has 126 valence electrons. The normalized spacial score (nSPS) is 15.3. The fraction of sp³-hybridized carbons (Fsp3) is 0.350. The lowest BCUT2D eigenvalue weighted by Crippen LogP contribution is -2.40. The Morgan fingerprint density at radius 1 is 1.04 bits per heavy atom. The minimum atomic E-state index is 0.0826. The second-order valence-electron chi connectivity index (χ2n) is 6.02. The van der Waals surface area contributed by atoms with E-state index in [-0.39, 0.29) is 12.0 Å². The van der Waals surface area contributed by atoms with Gasteiger partial charge >= 0.3 is 0 Å². The van der Waals surface area contributed by atoms with Gasteiger partial charge in [0.1, 0.15) is 5.75 Å². The van der Waals surface area contributed by atoms with Crippen molar-refractivity contribution in [3.63, 3.8) is 0 Å². The predicted molar refractivity (Wildman–Crippen MR) is 93.2 cm³/mol. The van der Waals surface area contributed by atoms with Gasteiger partial charge in [-0.2, -0.15) is 0 Å². The Hall–Kier alpha value is -2.33. The van der Waals surface area contributed by atoms with E-state index in [0.29, 0.717) is 12.2 Å².